The molecular formula is C46H56Cl2Zr. The van der Waals surface area contributed by atoms with E-state index in [0.29, 0.717) is 11.3 Å². The Morgan fingerprint density at radius 2 is 1.35 bits per heavy atom. The number of halogens is 2. The second-order valence-corrected chi connectivity index (χ2v) is 31.9. The van der Waals surface area contributed by atoms with Gasteiger partial charge in [0, 0.05) is 0 Å². The Balaban J connectivity index is 0.00000208. The molecule has 5 aliphatic carbocycles. The molecule has 0 aliphatic heterocycles. The molecular weight excluding hydrogens is 715 g/mol. The van der Waals surface area contributed by atoms with Gasteiger partial charge in [0.25, 0.3) is 0 Å². The monoisotopic (exact) mass is 768 g/mol. The maximum absolute atomic E-state index is 5.64. The maximum atomic E-state index is 5.64. The fourth-order valence-corrected chi connectivity index (χ4v) is 28.4. The van der Waals surface area contributed by atoms with E-state index in [1.54, 1.807) is 12.1 Å². The Kier molecular flexibility index (Phi) is 8.80. The zero-order valence-corrected chi connectivity index (χ0v) is 35.4. The van der Waals surface area contributed by atoms with Gasteiger partial charge in [0.05, 0.1) is 0 Å². The van der Waals surface area contributed by atoms with E-state index in [4.69, 9.17) is 4.21 Å². The number of hydrogen-bond donors (Lipinski definition) is 0. The van der Waals surface area contributed by atoms with Crippen molar-refractivity contribution in [3.05, 3.63) is 118 Å². The summed E-state index contributed by atoms with van der Waals surface area (Å²) in [7, 11) is 0. The van der Waals surface area contributed by atoms with E-state index >= 15 is 0 Å². The molecule has 49 heavy (non-hydrogen) atoms. The summed E-state index contributed by atoms with van der Waals surface area (Å²) in [6.07, 6.45) is 15.6. The van der Waals surface area contributed by atoms with Gasteiger partial charge in [0.2, 0.25) is 0 Å². The third-order valence-electron chi connectivity index (χ3n) is 13.8. The summed E-state index contributed by atoms with van der Waals surface area (Å²) in [4.78, 5) is 0. The molecule has 0 N–H and O–H groups in total. The summed E-state index contributed by atoms with van der Waals surface area (Å²) in [6.45, 7) is 19.5. The zero-order valence-electron chi connectivity index (χ0n) is 31.3. The van der Waals surface area contributed by atoms with Gasteiger partial charge in [-0.15, -0.1) is 24.8 Å². The van der Waals surface area contributed by atoms with Crippen LogP contribution in [0.2, 0.25) is 4.63 Å². The van der Waals surface area contributed by atoms with Crippen molar-refractivity contribution in [2.45, 2.75) is 109 Å². The molecule has 1 saturated carbocycles. The average molecular weight is 771 g/mol. The van der Waals surface area contributed by atoms with Crippen molar-refractivity contribution in [3.63, 3.8) is 0 Å². The minimum atomic E-state index is -4.38. The first-order chi connectivity index (χ1) is 22.1. The van der Waals surface area contributed by atoms with E-state index in [9.17, 15) is 0 Å². The third-order valence-corrected chi connectivity index (χ3v) is 29.6. The predicted octanol–water partition coefficient (Wildman–Crippen LogP) is 12.7. The van der Waals surface area contributed by atoms with Gasteiger partial charge in [0.1, 0.15) is 0 Å². The van der Waals surface area contributed by atoms with Crippen LogP contribution in [-0.4, -0.2) is 4.21 Å². The van der Waals surface area contributed by atoms with Crippen molar-refractivity contribution in [2.24, 2.45) is 11.3 Å². The first-order valence-electron chi connectivity index (χ1n) is 18.4. The quantitative estimate of drug-likeness (QED) is 0.194. The van der Waals surface area contributed by atoms with Crippen LogP contribution in [0.4, 0.5) is 0 Å². The van der Waals surface area contributed by atoms with Crippen LogP contribution >= 0.6 is 24.8 Å². The van der Waals surface area contributed by atoms with Crippen molar-refractivity contribution in [1.29, 1.82) is 0 Å². The fourth-order valence-electron chi connectivity index (χ4n) is 11.6. The van der Waals surface area contributed by atoms with Gasteiger partial charge < -0.3 is 0 Å². The van der Waals surface area contributed by atoms with Crippen molar-refractivity contribution < 1.29 is 18.3 Å². The van der Waals surface area contributed by atoms with Crippen molar-refractivity contribution in [2.75, 3.05) is 0 Å². The van der Waals surface area contributed by atoms with Crippen LogP contribution in [0.3, 0.4) is 0 Å². The molecule has 1 atom stereocenters. The Morgan fingerprint density at radius 3 is 1.98 bits per heavy atom. The molecule has 5 aliphatic rings. The molecule has 8 rings (SSSR count). The first-order valence-corrected chi connectivity index (χ1v) is 26.3. The van der Waals surface area contributed by atoms with Crippen LogP contribution in [0, 0.1) is 11.3 Å². The zero-order chi connectivity index (χ0) is 33.3. The second-order valence-electron chi connectivity index (χ2n) is 18.0. The molecule has 0 radical (unpaired) electrons. The Morgan fingerprint density at radius 1 is 0.755 bits per heavy atom. The van der Waals surface area contributed by atoms with Crippen LogP contribution in [-0.2, 0) is 35.5 Å². The van der Waals surface area contributed by atoms with Crippen LogP contribution in [0.5, 0.6) is 0 Å². The van der Waals surface area contributed by atoms with Gasteiger partial charge in [-0.2, -0.15) is 0 Å². The minimum absolute atomic E-state index is 0. The summed E-state index contributed by atoms with van der Waals surface area (Å²) in [5, 5.41) is 0. The molecule has 1 fully saturated rings. The summed E-state index contributed by atoms with van der Waals surface area (Å²) >= 11 is -4.38. The first kappa shape index (κ1) is 36.7. The average Bonchev–Trinajstić information content (AvgIpc) is 3.71. The van der Waals surface area contributed by atoms with Gasteiger partial charge in [-0.1, -0.05) is 0 Å². The summed E-state index contributed by atoms with van der Waals surface area (Å²) in [5.41, 5.74) is 16.6. The summed E-state index contributed by atoms with van der Waals surface area (Å²) in [6, 6.07) is 21.8. The van der Waals surface area contributed by atoms with E-state index < -0.39 is 18.3 Å². The van der Waals surface area contributed by atoms with E-state index in [1.165, 1.54) is 91.0 Å². The fraction of sp³-hybridized carbons (Fsp3) is 0.413. The van der Waals surface area contributed by atoms with Gasteiger partial charge in [-0.3, -0.25) is 0 Å². The van der Waals surface area contributed by atoms with Crippen molar-refractivity contribution >= 4 is 43.4 Å². The van der Waals surface area contributed by atoms with E-state index in [-0.39, 0.29) is 35.6 Å². The Hall–Kier alpha value is -2.05. The molecule has 1 unspecified atom stereocenters. The summed E-state index contributed by atoms with van der Waals surface area (Å²) in [5.74, 6) is 0.413. The van der Waals surface area contributed by atoms with E-state index in [2.05, 4.69) is 133 Å². The predicted molar refractivity (Wildman–Crippen MR) is 217 cm³/mol. The number of fused-ring (bicyclic) bond motifs is 5. The molecule has 0 bridgehead atoms. The van der Waals surface area contributed by atoms with Gasteiger partial charge in [-0.25, -0.2) is 0 Å². The number of allylic oxidation sites excluding steroid dienone is 8. The molecule has 3 aromatic rings. The topological polar surface area (TPSA) is 0 Å². The normalized spacial score (nSPS) is 22.6. The van der Waals surface area contributed by atoms with Crippen molar-refractivity contribution in [1.82, 2.24) is 0 Å². The van der Waals surface area contributed by atoms with Gasteiger partial charge in [-0.05, 0) is 0 Å². The van der Waals surface area contributed by atoms with E-state index in [1.807, 2.05) is 0 Å². The SMILES string of the molecule is Cl.Cl.[CH2]=[Zr]([CH3])([C]1=CC(C2(C)CCCCC2)=CC1C)([C]1=C(C)c2cc3c(cc2C1(C)C)Cc1cc2c(cc1-3)C(C)=CC2(C)C)[c]1ccccc1. The number of benzene rings is 3. The van der Waals surface area contributed by atoms with Crippen LogP contribution in [0.25, 0.3) is 22.3 Å². The van der Waals surface area contributed by atoms with Crippen molar-refractivity contribution in [3.8, 4) is 11.1 Å². The van der Waals surface area contributed by atoms with Gasteiger partial charge >= 0.3 is 287 Å². The summed E-state index contributed by atoms with van der Waals surface area (Å²) < 4.78 is 13.1. The Labute approximate surface area is 309 Å². The van der Waals surface area contributed by atoms with Crippen LogP contribution in [0.15, 0.2) is 85.0 Å². The number of rotatable bonds is 4. The molecule has 0 heterocycles. The van der Waals surface area contributed by atoms with Gasteiger partial charge in [0.15, 0.2) is 0 Å². The molecule has 0 amide bonds. The third kappa shape index (κ3) is 5.02. The molecule has 0 aromatic heterocycles. The van der Waals surface area contributed by atoms with E-state index in [0.717, 1.165) is 6.42 Å². The molecule has 3 aromatic carbocycles. The Bertz CT molecular complexity index is 2090. The molecule has 0 nitrogen and oxygen atoms in total. The van der Waals surface area contributed by atoms with Crippen LogP contribution in [0.1, 0.15) is 121 Å². The molecule has 0 saturated heterocycles. The molecule has 258 valence electrons. The molecule has 3 heteroatoms. The number of hydrogen-bond acceptors (Lipinski definition) is 0. The second kappa shape index (κ2) is 11.7. The van der Waals surface area contributed by atoms with Crippen LogP contribution < -0.4 is 3.27 Å². The standard InChI is InChI=1S/C25H25.C13H19.C6H5.CH3.CH2.2ClH.Zr/c1-14-12-24(3,4)22-8-16-7-17-9-23-19(15(2)13-25(23,5)6)11-21(17)20(16)10-18(14)22;1-11-6-7-12(10-11)13(2)8-4-3-5-9-13;1-2-4-6-5-3-1;;;;;/h8-12H,7H2,1-6H3;7,10-11H,3-5,8-9H2,1-2H3;1-5H;1H3;1H2;2*1H;. The molecule has 0 spiro atoms.